The van der Waals surface area contributed by atoms with Crippen LogP contribution in [-0.4, -0.2) is 31.7 Å². The molecule has 0 aliphatic carbocycles. The van der Waals surface area contributed by atoms with Gasteiger partial charge in [-0.05, 0) is 24.6 Å². The fraction of sp³-hybridized carbons (Fsp3) is 0.438. The summed E-state index contributed by atoms with van der Waals surface area (Å²) in [6, 6.07) is 10.4. The predicted molar refractivity (Wildman–Crippen MR) is 82.7 cm³/mol. The van der Waals surface area contributed by atoms with Crippen molar-refractivity contribution in [2.24, 2.45) is 5.92 Å². The van der Waals surface area contributed by atoms with Crippen LogP contribution in [0.15, 0.2) is 36.5 Å². The van der Waals surface area contributed by atoms with Crippen molar-refractivity contribution in [3.05, 3.63) is 36.5 Å². The van der Waals surface area contributed by atoms with Crippen LogP contribution >= 0.6 is 0 Å². The van der Waals surface area contributed by atoms with E-state index in [4.69, 9.17) is 0 Å². The summed E-state index contributed by atoms with van der Waals surface area (Å²) in [5.41, 5.74) is 2.30. The van der Waals surface area contributed by atoms with E-state index in [1.165, 1.54) is 11.1 Å². The SMILES string of the molecule is CC(C)CNCCN(C)c1ccnc2ccccc12. The number of benzene rings is 1. The zero-order valence-electron chi connectivity index (χ0n) is 12.1. The number of aromatic nitrogens is 1. The second-order valence-electron chi connectivity index (χ2n) is 5.37. The van der Waals surface area contributed by atoms with Gasteiger partial charge in [-0.25, -0.2) is 0 Å². The smallest absolute Gasteiger partial charge is 0.0722 e. The fourth-order valence-corrected chi connectivity index (χ4v) is 2.17. The molecule has 3 nitrogen and oxygen atoms in total. The average molecular weight is 257 g/mol. The molecule has 1 aromatic carbocycles. The zero-order valence-corrected chi connectivity index (χ0v) is 12.1. The van der Waals surface area contributed by atoms with Gasteiger partial charge in [-0.15, -0.1) is 0 Å². The summed E-state index contributed by atoms with van der Waals surface area (Å²) >= 11 is 0. The Bertz CT molecular complexity index is 517. The Morgan fingerprint density at radius 2 is 2.00 bits per heavy atom. The van der Waals surface area contributed by atoms with Crippen LogP contribution < -0.4 is 10.2 Å². The van der Waals surface area contributed by atoms with Gasteiger partial charge >= 0.3 is 0 Å². The Morgan fingerprint density at radius 3 is 2.79 bits per heavy atom. The minimum atomic E-state index is 0.701. The van der Waals surface area contributed by atoms with Gasteiger partial charge in [0.1, 0.15) is 0 Å². The summed E-state index contributed by atoms with van der Waals surface area (Å²) in [5, 5.41) is 4.70. The van der Waals surface area contributed by atoms with Crippen LogP contribution in [0.4, 0.5) is 5.69 Å². The number of hydrogen-bond donors (Lipinski definition) is 1. The third-order valence-corrected chi connectivity index (χ3v) is 3.21. The first-order chi connectivity index (χ1) is 9.18. The average Bonchev–Trinajstić information content (AvgIpc) is 2.42. The molecule has 0 amide bonds. The zero-order chi connectivity index (χ0) is 13.7. The van der Waals surface area contributed by atoms with Crippen LogP contribution in [0.1, 0.15) is 13.8 Å². The molecule has 0 aliphatic heterocycles. The highest BCUT2D eigenvalue weighted by Crippen LogP contribution is 2.23. The highest BCUT2D eigenvalue weighted by atomic mass is 15.1. The third kappa shape index (κ3) is 3.67. The molecule has 0 aliphatic rings. The summed E-state index contributed by atoms with van der Waals surface area (Å²) in [5.74, 6) is 0.701. The first-order valence-electron chi connectivity index (χ1n) is 6.94. The summed E-state index contributed by atoms with van der Waals surface area (Å²) in [7, 11) is 2.14. The number of nitrogens with one attached hydrogen (secondary N) is 1. The maximum Gasteiger partial charge on any atom is 0.0722 e. The van der Waals surface area contributed by atoms with Crippen LogP contribution in [0, 0.1) is 5.92 Å². The highest BCUT2D eigenvalue weighted by Gasteiger charge is 2.05. The molecule has 0 saturated heterocycles. The van der Waals surface area contributed by atoms with E-state index in [0.29, 0.717) is 5.92 Å². The van der Waals surface area contributed by atoms with Crippen molar-refractivity contribution in [2.75, 3.05) is 31.6 Å². The first kappa shape index (κ1) is 13.8. The van der Waals surface area contributed by atoms with Gasteiger partial charge in [-0.2, -0.15) is 0 Å². The summed E-state index contributed by atoms with van der Waals surface area (Å²) < 4.78 is 0. The van der Waals surface area contributed by atoms with E-state index in [9.17, 15) is 0 Å². The number of anilines is 1. The topological polar surface area (TPSA) is 28.2 Å². The number of rotatable bonds is 6. The minimum absolute atomic E-state index is 0.701. The lowest BCUT2D eigenvalue weighted by Crippen LogP contribution is -2.31. The second-order valence-corrected chi connectivity index (χ2v) is 5.37. The Hall–Kier alpha value is -1.61. The van der Waals surface area contributed by atoms with Crippen LogP contribution in [-0.2, 0) is 0 Å². The second kappa shape index (κ2) is 6.53. The molecule has 102 valence electrons. The van der Waals surface area contributed by atoms with Crippen LogP contribution in [0.5, 0.6) is 0 Å². The van der Waals surface area contributed by atoms with Crippen molar-refractivity contribution in [2.45, 2.75) is 13.8 Å². The lowest BCUT2D eigenvalue weighted by molar-refractivity contribution is 0.554. The van der Waals surface area contributed by atoms with Gasteiger partial charge in [0.15, 0.2) is 0 Å². The standard InChI is InChI=1S/C16H23N3/c1-13(2)12-17-10-11-19(3)16-8-9-18-15-7-5-4-6-14(15)16/h4-9,13,17H,10-12H2,1-3H3. The van der Waals surface area contributed by atoms with Gasteiger partial charge < -0.3 is 10.2 Å². The number of para-hydroxylation sites is 1. The Balaban J connectivity index is 2.03. The van der Waals surface area contributed by atoms with E-state index in [1.807, 2.05) is 12.3 Å². The third-order valence-electron chi connectivity index (χ3n) is 3.21. The molecule has 0 atom stereocenters. The van der Waals surface area contributed by atoms with Crippen molar-refractivity contribution in [3.63, 3.8) is 0 Å². The van der Waals surface area contributed by atoms with Crippen molar-refractivity contribution in [1.29, 1.82) is 0 Å². The maximum absolute atomic E-state index is 4.40. The minimum Gasteiger partial charge on any atom is -0.373 e. The van der Waals surface area contributed by atoms with Crippen molar-refractivity contribution in [1.82, 2.24) is 10.3 Å². The quantitative estimate of drug-likeness (QED) is 0.807. The van der Waals surface area contributed by atoms with Gasteiger partial charge in [0, 0.05) is 37.4 Å². The van der Waals surface area contributed by atoms with Crippen LogP contribution in [0.25, 0.3) is 10.9 Å². The molecule has 0 unspecified atom stereocenters. The largest absolute Gasteiger partial charge is 0.373 e. The molecule has 1 aromatic heterocycles. The fourth-order valence-electron chi connectivity index (χ4n) is 2.17. The molecule has 2 rings (SSSR count). The van der Waals surface area contributed by atoms with E-state index in [-0.39, 0.29) is 0 Å². The van der Waals surface area contributed by atoms with Gasteiger partial charge in [0.25, 0.3) is 0 Å². The lowest BCUT2D eigenvalue weighted by atomic mass is 10.2. The molecule has 19 heavy (non-hydrogen) atoms. The monoisotopic (exact) mass is 257 g/mol. The van der Waals surface area contributed by atoms with Gasteiger partial charge in [-0.1, -0.05) is 32.0 Å². The van der Waals surface area contributed by atoms with E-state index in [1.54, 1.807) is 0 Å². The molecule has 0 fully saturated rings. The van der Waals surface area contributed by atoms with E-state index in [0.717, 1.165) is 25.2 Å². The molecule has 3 heteroatoms. The van der Waals surface area contributed by atoms with Crippen LogP contribution in [0.2, 0.25) is 0 Å². The van der Waals surface area contributed by atoms with Crippen molar-refractivity contribution in [3.8, 4) is 0 Å². The van der Waals surface area contributed by atoms with E-state index in [2.05, 4.69) is 60.4 Å². The van der Waals surface area contributed by atoms with Gasteiger partial charge in [0.05, 0.1) is 5.52 Å². The number of nitrogens with zero attached hydrogens (tertiary/aromatic N) is 2. The van der Waals surface area contributed by atoms with Gasteiger partial charge in [-0.3, -0.25) is 4.98 Å². The van der Waals surface area contributed by atoms with Gasteiger partial charge in [0.2, 0.25) is 0 Å². The summed E-state index contributed by atoms with van der Waals surface area (Å²) in [4.78, 5) is 6.69. The number of hydrogen-bond acceptors (Lipinski definition) is 3. The highest BCUT2D eigenvalue weighted by molar-refractivity contribution is 5.91. The van der Waals surface area contributed by atoms with Crippen molar-refractivity contribution < 1.29 is 0 Å². The molecular weight excluding hydrogens is 234 g/mol. The summed E-state index contributed by atoms with van der Waals surface area (Å²) in [6.45, 7) is 7.54. The number of pyridine rings is 1. The maximum atomic E-state index is 4.40. The Labute approximate surface area is 115 Å². The molecule has 1 heterocycles. The number of fused-ring (bicyclic) bond motifs is 1. The lowest BCUT2D eigenvalue weighted by Gasteiger charge is -2.21. The molecular formula is C16H23N3. The normalized spacial score (nSPS) is 11.2. The number of likely N-dealkylation sites (N-methyl/N-ethyl adjacent to an activating group) is 1. The van der Waals surface area contributed by atoms with Crippen LogP contribution in [0.3, 0.4) is 0 Å². The first-order valence-corrected chi connectivity index (χ1v) is 6.94. The Morgan fingerprint density at radius 1 is 1.21 bits per heavy atom. The molecule has 2 aromatic rings. The Kier molecular flexibility index (Phi) is 4.74. The molecule has 0 bridgehead atoms. The predicted octanol–water partition coefficient (Wildman–Crippen LogP) is 2.92. The molecule has 1 N–H and O–H groups in total. The van der Waals surface area contributed by atoms with E-state index < -0.39 is 0 Å². The van der Waals surface area contributed by atoms with E-state index >= 15 is 0 Å². The van der Waals surface area contributed by atoms with Crippen molar-refractivity contribution >= 4 is 16.6 Å². The molecule has 0 radical (unpaired) electrons. The molecule has 0 saturated carbocycles. The summed E-state index contributed by atoms with van der Waals surface area (Å²) in [6.07, 6.45) is 1.88. The molecule has 0 spiro atoms.